The van der Waals surface area contributed by atoms with E-state index >= 15 is 0 Å². The van der Waals surface area contributed by atoms with Gasteiger partial charge in [-0.3, -0.25) is 0 Å². The van der Waals surface area contributed by atoms with Crippen LogP contribution >= 0.6 is 0 Å². The zero-order valence-electron chi connectivity index (χ0n) is 15.5. The fraction of sp³-hybridized carbons (Fsp3) is 0.450. The van der Waals surface area contributed by atoms with Gasteiger partial charge in [-0.05, 0) is 45.7 Å². The first-order valence-corrected chi connectivity index (χ1v) is 8.48. The monoisotopic (exact) mass is 346 g/mol. The smallest absolute Gasteiger partial charge is 0.383 e. The fourth-order valence-electron chi connectivity index (χ4n) is 2.42. The molecule has 2 rings (SSSR count). The minimum atomic E-state index is -0.559. The van der Waals surface area contributed by atoms with E-state index in [9.17, 15) is 4.79 Å². The van der Waals surface area contributed by atoms with Crippen LogP contribution in [-0.4, -0.2) is 19.3 Å². The van der Waals surface area contributed by atoms with Gasteiger partial charge in [-0.1, -0.05) is 25.1 Å². The Bertz CT molecular complexity index is 796. The molecule has 0 radical (unpaired) electrons. The molecule has 0 saturated carbocycles. The van der Waals surface area contributed by atoms with E-state index < -0.39 is 11.2 Å². The summed E-state index contributed by atoms with van der Waals surface area (Å²) in [6.45, 7) is 8.29. The van der Waals surface area contributed by atoms with E-state index in [0.29, 0.717) is 35.5 Å². The van der Waals surface area contributed by atoms with Gasteiger partial charge >= 0.3 is 5.63 Å². The first kappa shape index (κ1) is 18.9. The third kappa shape index (κ3) is 4.78. The predicted molar refractivity (Wildman–Crippen MR) is 99.0 cm³/mol. The van der Waals surface area contributed by atoms with Crippen LogP contribution in [0.15, 0.2) is 39.6 Å². The lowest BCUT2D eigenvalue weighted by molar-refractivity contribution is 0.132. The van der Waals surface area contributed by atoms with Crippen LogP contribution in [0.1, 0.15) is 40.5 Å². The highest BCUT2D eigenvalue weighted by atomic mass is 16.5. The molecular formula is C20H26O5. The van der Waals surface area contributed by atoms with E-state index in [1.807, 2.05) is 32.9 Å². The third-order valence-corrected chi connectivity index (χ3v) is 3.36. The van der Waals surface area contributed by atoms with Crippen LogP contribution in [0.25, 0.3) is 11.0 Å². The van der Waals surface area contributed by atoms with Gasteiger partial charge < -0.3 is 18.6 Å². The minimum absolute atomic E-state index is 0.0739. The maximum Gasteiger partial charge on any atom is 0.383 e. The molecule has 136 valence electrons. The molecule has 0 N–H and O–H groups in total. The second-order valence-corrected chi connectivity index (χ2v) is 6.61. The van der Waals surface area contributed by atoms with Crippen molar-refractivity contribution in [2.24, 2.45) is 0 Å². The molecular weight excluding hydrogens is 320 g/mol. The van der Waals surface area contributed by atoms with Crippen molar-refractivity contribution < 1.29 is 18.6 Å². The molecule has 0 spiro atoms. The Morgan fingerprint density at radius 3 is 2.56 bits per heavy atom. The Kier molecular flexibility index (Phi) is 6.12. The Morgan fingerprint density at radius 2 is 1.92 bits per heavy atom. The van der Waals surface area contributed by atoms with Crippen molar-refractivity contribution in [3.05, 3.63) is 40.8 Å². The molecule has 0 atom stereocenters. The van der Waals surface area contributed by atoms with Gasteiger partial charge in [0.1, 0.15) is 22.3 Å². The second-order valence-electron chi connectivity index (χ2n) is 6.61. The largest absolute Gasteiger partial charge is 0.492 e. The van der Waals surface area contributed by atoms with Crippen LogP contribution in [0.2, 0.25) is 0 Å². The van der Waals surface area contributed by atoms with Crippen molar-refractivity contribution in [3.63, 3.8) is 0 Å². The molecule has 0 fully saturated rings. The van der Waals surface area contributed by atoms with Gasteiger partial charge in [0, 0.05) is 0 Å². The number of rotatable bonds is 7. The van der Waals surface area contributed by atoms with Crippen LogP contribution in [0.5, 0.6) is 17.2 Å². The van der Waals surface area contributed by atoms with Crippen LogP contribution in [0, 0.1) is 0 Å². The molecule has 0 saturated heterocycles. The number of ether oxygens (including phenoxy) is 3. The van der Waals surface area contributed by atoms with Gasteiger partial charge in [-0.15, -0.1) is 0 Å². The van der Waals surface area contributed by atoms with Crippen molar-refractivity contribution in [1.82, 2.24) is 0 Å². The average molecular weight is 346 g/mol. The summed E-state index contributed by atoms with van der Waals surface area (Å²) in [7, 11) is 1.51. The Labute approximate surface area is 148 Å². The second kappa shape index (κ2) is 8.10. The van der Waals surface area contributed by atoms with Gasteiger partial charge in [-0.2, -0.15) is 0 Å². The maximum atomic E-state index is 12.3. The molecule has 5 heteroatoms. The quantitative estimate of drug-likeness (QED) is 0.413. The number of benzene rings is 1. The van der Waals surface area contributed by atoms with Crippen LogP contribution in [-0.2, 0) is 0 Å². The molecule has 0 bridgehead atoms. The van der Waals surface area contributed by atoms with Gasteiger partial charge in [0.05, 0.1) is 13.7 Å². The molecule has 0 aliphatic heterocycles. The minimum Gasteiger partial charge on any atom is -0.492 e. The molecule has 2 aromatic rings. The number of fused-ring (bicyclic) bond motifs is 1. The number of hydrogen-bond acceptors (Lipinski definition) is 5. The van der Waals surface area contributed by atoms with E-state index in [0.717, 1.165) is 6.42 Å². The van der Waals surface area contributed by atoms with Crippen molar-refractivity contribution in [3.8, 4) is 17.2 Å². The van der Waals surface area contributed by atoms with Gasteiger partial charge in [-0.25, -0.2) is 4.79 Å². The van der Waals surface area contributed by atoms with Crippen LogP contribution in [0.4, 0.5) is 0 Å². The average Bonchev–Trinajstić information content (AvgIpc) is 2.53. The predicted octanol–water partition coefficient (Wildman–Crippen LogP) is 4.71. The highest BCUT2D eigenvalue weighted by molar-refractivity contribution is 5.91. The van der Waals surface area contributed by atoms with Crippen molar-refractivity contribution in [1.29, 1.82) is 0 Å². The molecule has 0 unspecified atom stereocenters. The first-order valence-electron chi connectivity index (χ1n) is 8.48. The summed E-state index contributed by atoms with van der Waals surface area (Å²) in [5.74, 6) is 0.997. The lowest BCUT2D eigenvalue weighted by atomic mass is 10.1. The fourth-order valence-corrected chi connectivity index (χ4v) is 2.42. The molecule has 0 amide bonds. The van der Waals surface area contributed by atoms with Gasteiger partial charge in [0.25, 0.3) is 0 Å². The molecule has 1 aromatic carbocycles. The SMILES string of the molecule is CC/C=C/CCOc1c(OC)c2c(OC(C)(C)C)cccc2oc1=O. The number of hydrogen-bond donors (Lipinski definition) is 0. The Balaban J connectivity index is 2.48. The summed E-state index contributed by atoms with van der Waals surface area (Å²) < 4.78 is 22.6. The molecule has 5 nitrogen and oxygen atoms in total. The lowest BCUT2D eigenvalue weighted by Gasteiger charge is -2.23. The highest BCUT2D eigenvalue weighted by Gasteiger charge is 2.22. The topological polar surface area (TPSA) is 57.9 Å². The molecule has 0 aliphatic rings. The standard InChI is InChI=1S/C20H26O5/c1-6-7-8-9-13-23-18-17(22-5)16-14(24-19(18)21)11-10-12-15(16)25-20(2,3)4/h7-8,10-12H,6,9,13H2,1-5H3/b8-7+. The summed E-state index contributed by atoms with van der Waals surface area (Å²) in [5.41, 5.74) is -0.556. The number of methoxy groups -OCH3 is 1. The number of allylic oxidation sites excluding steroid dienone is 1. The van der Waals surface area contributed by atoms with E-state index in [4.69, 9.17) is 18.6 Å². The Morgan fingerprint density at radius 1 is 1.16 bits per heavy atom. The summed E-state index contributed by atoms with van der Waals surface area (Å²) in [5, 5.41) is 0.596. The lowest BCUT2D eigenvalue weighted by Crippen LogP contribution is -2.23. The summed E-state index contributed by atoms with van der Waals surface area (Å²) >= 11 is 0. The Hall–Kier alpha value is -2.43. The van der Waals surface area contributed by atoms with E-state index in [1.54, 1.807) is 12.1 Å². The van der Waals surface area contributed by atoms with Gasteiger partial charge in [0.15, 0.2) is 5.75 Å². The molecule has 0 aliphatic carbocycles. The van der Waals surface area contributed by atoms with E-state index in [-0.39, 0.29) is 5.75 Å². The first-order chi connectivity index (χ1) is 11.9. The zero-order valence-corrected chi connectivity index (χ0v) is 15.5. The highest BCUT2D eigenvalue weighted by Crippen LogP contribution is 2.39. The van der Waals surface area contributed by atoms with E-state index in [2.05, 4.69) is 13.0 Å². The maximum absolute atomic E-state index is 12.3. The van der Waals surface area contributed by atoms with Crippen molar-refractivity contribution >= 4 is 11.0 Å². The summed E-state index contributed by atoms with van der Waals surface area (Å²) in [6, 6.07) is 5.31. The zero-order chi connectivity index (χ0) is 18.4. The summed E-state index contributed by atoms with van der Waals surface area (Å²) in [4.78, 5) is 12.3. The molecule has 25 heavy (non-hydrogen) atoms. The summed E-state index contributed by atoms with van der Waals surface area (Å²) in [6.07, 6.45) is 5.74. The molecule has 1 aromatic heterocycles. The van der Waals surface area contributed by atoms with Gasteiger partial charge in [0.2, 0.25) is 5.75 Å². The van der Waals surface area contributed by atoms with E-state index in [1.165, 1.54) is 7.11 Å². The normalized spacial score (nSPS) is 11.9. The van der Waals surface area contributed by atoms with Crippen LogP contribution in [0.3, 0.4) is 0 Å². The van der Waals surface area contributed by atoms with Crippen molar-refractivity contribution in [2.45, 2.75) is 46.1 Å². The van der Waals surface area contributed by atoms with Crippen LogP contribution < -0.4 is 19.8 Å². The van der Waals surface area contributed by atoms with Crippen molar-refractivity contribution in [2.75, 3.05) is 13.7 Å². The third-order valence-electron chi connectivity index (χ3n) is 3.36. The molecule has 1 heterocycles.